The summed E-state index contributed by atoms with van der Waals surface area (Å²) in [7, 11) is 2.93. The second kappa shape index (κ2) is 12.1. The molecular formula is C26H28ClN7O6. The van der Waals surface area contributed by atoms with Crippen molar-refractivity contribution in [1.29, 1.82) is 0 Å². The molecule has 0 aromatic heterocycles. The third kappa shape index (κ3) is 6.21. The van der Waals surface area contributed by atoms with Gasteiger partial charge in [0.05, 0.1) is 22.7 Å². The lowest BCUT2D eigenvalue weighted by Gasteiger charge is -2.40. The van der Waals surface area contributed by atoms with Gasteiger partial charge in [-0.15, -0.1) is 0 Å². The van der Waals surface area contributed by atoms with Gasteiger partial charge in [-0.3, -0.25) is 19.8 Å². The third-order valence-corrected chi connectivity index (χ3v) is 6.61. The Kier molecular flexibility index (Phi) is 8.65. The van der Waals surface area contributed by atoms with E-state index in [4.69, 9.17) is 16.3 Å². The number of nitro benzene ring substituents is 1. The molecule has 13 nitrogen and oxygen atoms in total. The molecule has 2 aliphatic heterocycles. The number of hydrazone groups is 1. The number of carbonyl (C=O) groups excluding carboxylic acids is 2. The van der Waals surface area contributed by atoms with Gasteiger partial charge in [-0.2, -0.15) is 5.10 Å². The summed E-state index contributed by atoms with van der Waals surface area (Å²) in [4.78, 5) is 44.3. The van der Waals surface area contributed by atoms with Crippen LogP contribution in [0.15, 0.2) is 63.7 Å². The zero-order valence-corrected chi connectivity index (χ0v) is 22.7. The van der Waals surface area contributed by atoms with E-state index in [9.17, 15) is 24.8 Å². The average Bonchev–Trinajstić information content (AvgIpc) is 3.28. The Hall–Kier alpha value is -4.49. The predicted molar refractivity (Wildman–Crippen MR) is 149 cm³/mol. The first-order valence-corrected chi connectivity index (χ1v) is 12.6. The fourth-order valence-electron chi connectivity index (χ4n) is 4.28. The van der Waals surface area contributed by atoms with Crippen LogP contribution in [0.25, 0.3) is 6.08 Å². The van der Waals surface area contributed by atoms with Crippen molar-refractivity contribution < 1.29 is 24.4 Å². The zero-order valence-electron chi connectivity index (χ0n) is 22.0. The third-order valence-electron chi connectivity index (χ3n) is 6.41. The molecule has 4 rings (SSSR count). The highest BCUT2D eigenvalue weighted by Gasteiger charge is 2.51. The van der Waals surface area contributed by atoms with Gasteiger partial charge in [0.2, 0.25) is 5.96 Å². The van der Waals surface area contributed by atoms with Gasteiger partial charge in [-0.25, -0.2) is 15.2 Å². The number of carbonyl (C=O) groups is 2. The van der Waals surface area contributed by atoms with Crippen molar-refractivity contribution in [1.82, 2.24) is 20.1 Å². The number of aliphatic imine (C=N–C) groups is 1. The van der Waals surface area contributed by atoms with Crippen LogP contribution in [0.2, 0.25) is 0 Å². The number of hydrogen-bond donors (Lipinski definition) is 2. The molecule has 3 amide bonds. The van der Waals surface area contributed by atoms with Gasteiger partial charge in [-0.1, -0.05) is 29.8 Å². The SMILES string of the molecule is Cc1ccccc1OCC(O)CN1C(N/N=C/C(Cl)=C/c2ccc([N+](=O)[O-])cc2)=NC2C1C(=O)N(C)C(=O)N2C. The van der Waals surface area contributed by atoms with Crippen LogP contribution in [0.3, 0.4) is 0 Å². The number of imide groups is 1. The smallest absolute Gasteiger partial charge is 0.328 e. The maximum Gasteiger partial charge on any atom is 0.328 e. The van der Waals surface area contributed by atoms with Gasteiger partial charge in [0.15, 0.2) is 12.2 Å². The summed E-state index contributed by atoms with van der Waals surface area (Å²) >= 11 is 6.26. The summed E-state index contributed by atoms with van der Waals surface area (Å²) in [5.74, 6) is 0.316. The van der Waals surface area contributed by atoms with E-state index in [2.05, 4.69) is 15.5 Å². The average molecular weight is 570 g/mol. The summed E-state index contributed by atoms with van der Waals surface area (Å²) < 4.78 is 5.77. The maximum absolute atomic E-state index is 13.1. The molecule has 0 spiro atoms. The molecule has 2 aliphatic rings. The van der Waals surface area contributed by atoms with Crippen LogP contribution < -0.4 is 10.2 Å². The number of nitro groups is 1. The van der Waals surface area contributed by atoms with Gasteiger partial charge in [0.25, 0.3) is 11.6 Å². The van der Waals surface area contributed by atoms with Gasteiger partial charge in [-0.05, 0) is 42.3 Å². The number of nitrogens with one attached hydrogen (secondary N) is 1. The summed E-state index contributed by atoms with van der Waals surface area (Å²) in [5, 5.41) is 26.0. The Morgan fingerprint density at radius 2 is 1.95 bits per heavy atom. The number of amides is 3. The quantitative estimate of drug-likeness (QED) is 0.265. The molecule has 1 saturated heterocycles. The number of hydrogen-bond acceptors (Lipinski definition) is 10. The summed E-state index contributed by atoms with van der Waals surface area (Å²) in [6.07, 6.45) is 1.01. The number of rotatable bonds is 9. The number of allylic oxidation sites excluding steroid dienone is 1. The number of benzene rings is 2. The van der Waals surface area contributed by atoms with Crippen LogP contribution in [-0.4, -0.2) is 94.4 Å². The lowest BCUT2D eigenvalue weighted by atomic mass is 10.1. The number of likely N-dealkylation sites (N-methyl/N-ethyl adjacent to an activating group) is 2. The van der Waals surface area contributed by atoms with Gasteiger partial charge < -0.3 is 19.6 Å². The highest BCUT2D eigenvalue weighted by molar-refractivity contribution is 6.41. The first-order valence-electron chi connectivity index (χ1n) is 12.2. The van der Waals surface area contributed by atoms with E-state index in [1.807, 2.05) is 25.1 Å². The Morgan fingerprint density at radius 3 is 2.62 bits per heavy atom. The fourth-order valence-corrected chi connectivity index (χ4v) is 4.46. The summed E-state index contributed by atoms with van der Waals surface area (Å²) in [6, 6.07) is 11.8. The molecule has 0 saturated carbocycles. The van der Waals surface area contributed by atoms with Crippen molar-refractivity contribution >= 4 is 47.5 Å². The molecule has 2 aromatic carbocycles. The molecule has 2 N–H and O–H groups in total. The van der Waals surface area contributed by atoms with E-state index < -0.39 is 35.2 Å². The summed E-state index contributed by atoms with van der Waals surface area (Å²) in [5.41, 5.74) is 4.25. The number of aliphatic hydroxyl groups is 1. The van der Waals surface area contributed by atoms with Gasteiger partial charge in [0, 0.05) is 26.2 Å². The minimum absolute atomic E-state index is 0.0393. The van der Waals surface area contributed by atoms with Crippen molar-refractivity contribution in [2.45, 2.75) is 25.2 Å². The zero-order chi connectivity index (χ0) is 29.0. The highest BCUT2D eigenvalue weighted by Crippen LogP contribution is 2.27. The Morgan fingerprint density at radius 1 is 1.25 bits per heavy atom. The molecule has 3 unspecified atom stereocenters. The number of para-hydroxylation sites is 1. The number of β-amino-alcohol motifs (C(OH)–C–C–N with tert-alkyl or cyclic N) is 1. The Labute approximate surface area is 235 Å². The standard InChI is InChI=1S/C26H28ClN7O6/c1-16-6-4-5-7-21(16)40-15-20(35)14-33-22-23(31(2)26(37)32(3)24(22)36)29-25(33)30-28-13-18(27)12-17-8-10-19(11-9-17)34(38)39/h4-13,20,22-23,35H,14-15H2,1-3H3,(H,29,30)/b18-12-,28-13+. The van der Waals surface area contributed by atoms with Crippen molar-refractivity contribution in [3.63, 3.8) is 0 Å². The molecule has 2 aromatic rings. The lowest BCUT2D eigenvalue weighted by Crippen LogP contribution is -2.65. The van der Waals surface area contributed by atoms with E-state index in [0.29, 0.717) is 11.3 Å². The lowest BCUT2D eigenvalue weighted by molar-refractivity contribution is -0.384. The number of ether oxygens (including phenoxy) is 1. The highest BCUT2D eigenvalue weighted by atomic mass is 35.5. The second-order valence-corrected chi connectivity index (χ2v) is 9.67. The van der Waals surface area contributed by atoms with E-state index in [1.54, 1.807) is 36.2 Å². The second-order valence-electron chi connectivity index (χ2n) is 9.23. The molecule has 40 heavy (non-hydrogen) atoms. The predicted octanol–water partition coefficient (Wildman–Crippen LogP) is 2.39. The maximum atomic E-state index is 13.1. The van der Waals surface area contributed by atoms with E-state index >= 15 is 0 Å². The van der Waals surface area contributed by atoms with Crippen LogP contribution in [0.1, 0.15) is 11.1 Å². The molecular weight excluding hydrogens is 542 g/mol. The summed E-state index contributed by atoms with van der Waals surface area (Å²) in [6.45, 7) is 1.81. The van der Waals surface area contributed by atoms with Crippen LogP contribution >= 0.6 is 11.6 Å². The number of aryl methyl sites for hydroxylation is 1. The molecule has 1 fully saturated rings. The Bertz CT molecular complexity index is 1380. The number of aliphatic hydroxyl groups excluding tert-OH is 1. The molecule has 210 valence electrons. The van der Waals surface area contributed by atoms with Crippen LogP contribution in [0.4, 0.5) is 10.5 Å². The number of guanidine groups is 1. The normalized spacial score (nSPS) is 20.1. The molecule has 3 atom stereocenters. The van der Waals surface area contributed by atoms with E-state index in [-0.39, 0.29) is 29.8 Å². The number of non-ortho nitro benzene ring substituents is 1. The van der Waals surface area contributed by atoms with Crippen LogP contribution in [0.5, 0.6) is 5.75 Å². The molecule has 0 radical (unpaired) electrons. The van der Waals surface area contributed by atoms with E-state index in [1.165, 1.54) is 30.3 Å². The molecule has 14 heteroatoms. The first-order chi connectivity index (χ1) is 19.1. The van der Waals surface area contributed by atoms with Crippen LogP contribution in [-0.2, 0) is 4.79 Å². The Balaban J connectivity index is 1.49. The topological polar surface area (TPSA) is 153 Å². The largest absolute Gasteiger partial charge is 0.491 e. The van der Waals surface area contributed by atoms with Crippen LogP contribution in [0, 0.1) is 17.0 Å². The van der Waals surface area contributed by atoms with Gasteiger partial charge >= 0.3 is 6.03 Å². The van der Waals surface area contributed by atoms with Gasteiger partial charge in [0.1, 0.15) is 18.5 Å². The van der Waals surface area contributed by atoms with Crippen molar-refractivity contribution in [2.24, 2.45) is 10.1 Å². The van der Waals surface area contributed by atoms with Crippen molar-refractivity contribution in [3.05, 3.63) is 74.8 Å². The van der Waals surface area contributed by atoms with Crippen molar-refractivity contribution in [3.8, 4) is 5.75 Å². The first kappa shape index (κ1) is 28.5. The molecule has 0 bridgehead atoms. The minimum atomic E-state index is -1.01. The fraction of sp³-hybridized carbons (Fsp3) is 0.308. The van der Waals surface area contributed by atoms with E-state index in [0.717, 1.165) is 10.5 Å². The number of fused-ring (bicyclic) bond motifs is 1. The molecule has 2 heterocycles. The number of halogens is 1. The monoisotopic (exact) mass is 569 g/mol. The number of urea groups is 1. The molecule has 0 aliphatic carbocycles. The number of nitrogens with zero attached hydrogens (tertiary/aromatic N) is 6. The minimum Gasteiger partial charge on any atom is -0.491 e. The van der Waals surface area contributed by atoms with Crippen molar-refractivity contribution in [2.75, 3.05) is 27.2 Å².